The van der Waals surface area contributed by atoms with Gasteiger partial charge in [0.25, 0.3) is 0 Å². The molecule has 0 radical (unpaired) electrons. The first-order chi connectivity index (χ1) is 6.33. The van der Waals surface area contributed by atoms with Crippen LogP contribution in [0.25, 0.3) is 0 Å². The summed E-state index contributed by atoms with van der Waals surface area (Å²) in [7, 11) is 0. The van der Waals surface area contributed by atoms with E-state index in [-0.39, 0.29) is 0 Å². The molecule has 1 aromatic heterocycles. The minimum Gasteiger partial charge on any atom is -0.352 e. The zero-order valence-electron chi connectivity index (χ0n) is 7.90. The summed E-state index contributed by atoms with van der Waals surface area (Å²) in [5, 5.41) is 3.20. The predicted molar refractivity (Wildman–Crippen MR) is 53.4 cm³/mol. The van der Waals surface area contributed by atoms with E-state index in [9.17, 15) is 0 Å². The zero-order chi connectivity index (χ0) is 9.52. The molecule has 0 saturated heterocycles. The lowest BCUT2D eigenvalue weighted by Crippen LogP contribution is -2.18. The van der Waals surface area contributed by atoms with Gasteiger partial charge >= 0.3 is 0 Å². The van der Waals surface area contributed by atoms with Gasteiger partial charge in [-0.15, -0.1) is 0 Å². The van der Waals surface area contributed by atoms with Crippen molar-refractivity contribution in [3.8, 4) is 0 Å². The van der Waals surface area contributed by atoms with Crippen LogP contribution in [0.1, 0.15) is 19.8 Å². The molecule has 1 atom stereocenters. The van der Waals surface area contributed by atoms with Gasteiger partial charge < -0.3 is 11.1 Å². The minimum atomic E-state index is 0.381. The van der Waals surface area contributed by atoms with E-state index in [4.69, 9.17) is 5.73 Å². The van der Waals surface area contributed by atoms with Crippen LogP contribution in [0.3, 0.4) is 0 Å². The van der Waals surface area contributed by atoms with Crippen molar-refractivity contribution in [2.45, 2.75) is 25.8 Å². The molecule has 3 N–H and O–H groups in total. The Bertz CT molecular complexity index is 224. The van der Waals surface area contributed by atoms with Gasteiger partial charge in [0.1, 0.15) is 0 Å². The summed E-state index contributed by atoms with van der Waals surface area (Å²) < 4.78 is 0. The van der Waals surface area contributed by atoms with Crippen molar-refractivity contribution in [1.29, 1.82) is 0 Å². The van der Waals surface area contributed by atoms with E-state index < -0.39 is 0 Å². The van der Waals surface area contributed by atoms with E-state index in [1.807, 2.05) is 0 Å². The summed E-state index contributed by atoms with van der Waals surface area (Å²) in [6.07, 6.45) is 5.53. The van der Waals surface area contributed by atoms with Crippen molar-refractivity contribution in [3.05, 3.63) is 18.5 Å². The fraction of sp³-hybridized carbons (Fsp3) is 0.556. The van der Waals surface area contributed by atoms with Crippen molar-refractivity contribution >= 4 is 5.95 Å². The lowest BCUT2D eigenvalue weighted by molar-refractivity contribution is 0.658. The van der Waals surface area contributed by atoms with Gasteiger partial charge in [0.15, 0.2) is 0 Å². The van der Waals surface area contributed by atoms with Gasteiger partial charge in [-0.2, -0.15) is 0 Å². The SMILES string of the molecule is CC(CCCN)Nc1ncccn1. The highest BCUT2D eigenvalue weighted by Crippen LogP contribution is 2.02. The molecule has 4 nitrogen and oxygen atoms in total. The third kappa shape index (κ3) is 3.85. The normalized spacial score (nSPS) is 12.5. The van der Waals surface area contributed by atoms with Gasteiger partial charge in [0.05, 0.1) is 0 Å². The van der Waals surface area contributed by atoms with Crippen LogP contribution in [0.15, 0.2) is 18.5 Å². The van der Waals surface area contributed by atoms with E-state index in [0.29, 0.717) is 12.0 Å². The Balaban J connectivity index is 2.32. The molecule has 0 aliphatic rings. The number of aromatic nitrogens is 2. The molecule has 0 aromatic carbocycles. The molecule has 13 heavy (non-hydrogen) atoms. The van der Waals surface area contributed by atoms with Crippen molar-refractivity contribution in [3.63, 3.8) is 0 Å². The summed E-state index contributed by atoms with van der Waals surface area (Å²) in [6.45, 7) is 2.84. The number of rotatable bonds is 5. The maximum Gasteiger partial charge on any atom is 0.222 e. The van der Waals surface area contributed by atoms with Crippen LogP contribution < -0.4 is 11.1 Å². The van der Waals surface area contributed by atoms with Crippen molar-refractivity contribution in [1.82, 2.24) is 9.97 Å². The van der Waals surface area contributed by atoms with Crippen LogP contribution in [0.4, 0.5) is 5.95 Å². The Morgan fingerprint density at radius 3 is 2.77 bits per heavy atom. The number of nitrogens with zero attached hydrogens (tertiary/aromatic N) is 2. The first-order valence-electron chi connectivity index (χ1n) is 4.56. The van der Waals surface area contributed by atoms with E-state index in [1.165, 1.54) is 0 Å². The number of anilines is 1. The summed E-state index contributed by atoms with van der Waals surface area (Å²) in [5.41, 5.74) is 5.41. The van der Waals surface area contributed by atoms with Crippen LogP contribution in [-0.4, -0.2) is 22.6 Å². The van der Waals surface area contributed by atoms with Gasteiger partial charge in [-0.1, -0.05) is 0 Å². The third-order valence-electron chi connectivity index (χ3n) is 1.78. The van der Waals surface area contributed by atoms with Crippen LogP contribution >= 0.6 is 0 Å². The molecule has 0 amide bonds. The average molecular weight is 180 g/mol. The maximum absolute atomic E-state index is 5.41. The molecule has 0 saturated carbocycles. The molecule has 0 fully saturated rings. The first kappa shape index (κ1) is 9.92. The standard InChI is InChI=1S/C9H16N4/c1-8(4-2-5-10)13-9-11-6-3-7-12-9/h3,6-8H,2,4-5,10H2,1H3,(H,11,12,13). The van der Waals surface area contributed by atoms with Crippen LogP contribution in [0.5, 0.6) is 0 Å². The topological polar surface area (TPSA) is 63.8 Å². The Morgan fingerprint density at radius 2 is 2.15 bits per heavy atom. The Kier molecular flexibility index (Phi) is 4.18. The summed E-state index contributed by atoms with van der Waals surface area (Å²) in [5.74, 6) is 0.687. The summed E-state index contributed by atoms with van der Waals surface area (Å²) in [4.78, 5) is 8.15. The van der Waals surface area contributed by atoms with Crippen molar-refractivity contribution in [2.24, 2.45) is 5.73 Å². The lowest BCUT2D eigenvalue weighted by atomic mass is 10.2. The Labute approximate surface area is 78.6 Å². The minimum absolute atomic E-state index is 0.381. The predicted octanol–water partition coefficient (Wildman–Crippen LogP) is 1.02. The second-order valence-electron chi connectivity index (χ2n) is 3.05. The smallest absolute Gasteiger partial charge is 0.222 e. The molecule has 0 aliphatic carbocycles. The van der Waals surface area contributed by atoms with Gasteiger partial charge in [-0.25, -0.2) is 9.97 Å². The highest BCUT2D eigenvalue weighted by molar-refractivity contribution is 5.23. The second kappa shape index (κ2) is 5.48. The fourth-order valence-corrected chi connectivity index (χ4v) is 1.09. The lowest BCUT2D eigenvalue weighted by Gasteiger charge is -2.12. The van der Waals surface area contributed by atoms with Crippen LogP contribution in [-0.2, 0) is 0 Å². The summed E-state index contributed by atoms with van der Waals surface area (Å²) in [6, 6.07) is 2.18. The largest absolute Gasteiger partial charge is 0.352 e. The molecular formula is C9H16N4. The highest BCUT2D eigenvalue weighted by Gasteiger charge is 2.01. The van der Waals surface area contributed by atoms with Crippen LogP contribution in [0, 0.1) is 0 Å². The maximum atomic E-state index is 5.41. The third-order valence-corrected chi connectivity index (χ3v) is 1.78. The quantitative estimate of drug-likeness (QED) is 0.710. The monoisotopic (exact) mass is 180 g/mol. The molecule has 1 aromatic rings. The van der Waals surface area contributed by atoms with E-state index >= 15 is 0 Å². The fourth-order valence-electron chi connectivity index (χ4n) is 1.09. The second-order valence-corrected chi connectivity index (χ2v) is 3.05. The Morgan fingerprint density at radius 1 is 1.46 bits per heavy atom. The molecule has 1 rings (SSSR count). The first-order valence-corrected chi connectivity index (χ1v) is 4.56. The van der Waals surface area contributed by atoms with E-state index in [2.05, 4.69) is 22.2 Å². The van der Waals surface area contributed by atoms with Gasteiger partial charge in [-0.05, 0) is 32.4 Å². The van der Waals surface area contributed by atoms with E-state index in [1.54, 1.807) is 18.5 Å². The molecule has 72 valence electrons. The highest BCUT2D eigenvalue weighted by atomic mass is 15.1. The molecule has 0 aliphatic heterocycles. The number of hydrogen-bond donors (Lipinski definition) is 2. The number of hydrogen-bond acceptors (Lipinski definition) is 4. The van der Waals surface area contributed by atoms with Crippen molar-refractivity contribution < 1.29 is 0 Å². The van der Waals surface area contributed by atoms with Crippen LogP contribution in [0.2, 0.25) is 0 Å². The van der Waals surface area contributed by atoms with Gasteiger partial charge in [-0.3, -0.25) is 0 Å². The number of nitrogens with two attached hydrogens (primary N) is 1. The average Bonchev–Trinajstić information content (AvgIpc) is 2.16. The van der Waals surface area contributed by atoms with E-state index in [0.717, 1.165) is 19.4 Å². The molecule has 1 unspecified atom stereocenters. The van der Waals surface area contributed by atoms with Gasteiger partial charge in [0, 0.05) is 18.4 Å². The molecule has 0 bridgehead atoms. The Hall–Kier alpha value is -1.16. The molecular weight excluding hydrogens is 164 g/mol. The zero-order valence-corrected chi connectivity index (χ0v) is 7.90. The molecule has 1 heterocycles. The molecule has 0 spiro atoms. The summed E-state index contributed by atoms with van der Waals surface area (Å²) >= 11 is 0. The molecule has 4 heteroatoms. The number of nitrogens with one attached hydrogen (secondary N) is 1. The van der Waals surface area contributed by atoms with Crippen molar-refractivity contribution in [2.75, 3.05) is 11.9 Å². The van der Waals surface area contributed by atoms with Gasteiger partial charge in [0.2, 0.25) is 5.95 Å².